The fourth-order valence-electron chi connectivity index (χ4n) is 2.66. The number of benzene rings is 3. The molecule has 3 nitrogen and oxygen atoms in total. The molecule has 0 spiro atoms. The molecule has 7 heteroatoms. The lowest BCUT2D eigenvalue weighted by Gasteiger charge is -2.22. The molecule has 3 rings (SSSR count). The van der Waals surface area contributed by atoms with E-state index in [1.54, 1.807) is 30.3 Å². The number of anilines is 1. The molecule has 27 heavy (non-hydrogen) atoms. The second kappa shape index (κ2) is 8.00. The van der Waals surface area contributed by atoms with Crippen LogP contribution >= 0.6 is 0 Å². The third-order valence-corrected chi connectivity index (χ3v) is 5.54. The molecule has 3 aromatic carbocycles. The van der Waals surface area contributed by atoms with Crippen LogP contribution in [0.25, 0.3) is 10.8 Å². The fraction of sp³-hybridized carbons (Fsp3) is 0.200. The Hall–Kier alpha value is -2.54. The maximum atomic E-state index is 13.5. The van der Waals surface area contributed by atoms with E-state index in [2.05, 4.69) is 5.32 Å². The molecule has 0 aromatic heterocycles. The van der Waals surface area contributed by atoms with E-state index >= 15 is 0 Å². The molecule has 0 heterocycles. The van der Waals surface area contributed by atoms with Crippen molar-refractivity contribution in [2.24, 2.45) is 0 Å². The van der Waals surface area contributed by atoms with Crippen LogP contribution in [0.15, 0.2) is 71.6 Å². The van der Waals surface area contributed by atoms with E-state index < -0.39 is 28.8 Å². The number of alkyl halides is 3. The van der Waals surface area contributed by atoms with Crippen LogP contribution < -0.4 is 10.1 Å². The Labute approximate surface area is 157 Å². The van der Waals surface area contributed by atoms with Gasteiger partial charge in [-0.15, -0.1) is 0 Å². The zero-order chi connectivity index (χ0) is 19.4. The first-order chi connectivity index (χ1) is 12.9. The molecule has 0 bridgehead atoms. The fourth-order valence-corrected chi connectivity index (χ4v) is 3.91. The van der Waals surface area contributed by atoms with Gasteiger partial charge in [0, 0.05) is 10.6 Å². The lowest BCUT2D eigenvalue weighted by atomic mass is 10.1. The van der Waals surface area contributed by atoms with Crippen LogP contribution in [0, 0.1) is 0 Å². The van der Waals surface area contributed by atoms with Gasteiger partial charge in [-0.05, 0) is 47.2 Å². The average molecular weight is 393 g/mol. The Balaban J connectivity index is 1.79. The van der Waals surface area contributed by atoms with Gasteiger partial charge in [-0.25, -0.2) is 0 Å². The van der Waals surface area contributed by atoms with Crippen molar-refractivity contribution in [2.75, 3.05) is 18.2 Å². The third kappa shape index (κ3) is 4.80. The molecule has 1 N–H and O–H groups in total. The highest BCUT2D eigenvalue weighted by Crippen LogP contribution is 2.27. The minimum absolute atomic E-state index is 0.286. The predicted octanol–water partition coefficient (Wildman–Crippen LogP) is 5.00. The zero-order valence-corrected chi connectivity index (χ0v) is 15.3. The van der Waals surface area contributed by atoms with Crippen LogP contribution in [0.4, 0.5) is 18.9 Å². The van der Waals surface area contributed by atoms with Crippen molar-refractivity contribution < 1.29 is 22.1 Å². The standard InChI is InChI=1S/C20H18F3NO2S/c1-26-17-9-7-16(8-10-17)24-19(20(21,22)23)13-27(25)18-11-6-14-4-2-3-5-15(14)12-18/h2-12,19,24H,13H2,1H3/t19-,27?/m1/s1. The number of ether oxygens (including phenoxy) is 1. The lowest BCUT2D eigenvalue weighted by molar-refractivity contribution is -0.137. The summed E-state index contributed by atoms with van der Waals surface area (Å²) in [5.74, 6) is -0.0303. The van der Waals surface area contributed by atoms with Crippen LogP contribution in [0.1, 0.15) is 0 Å². The number of hydrogen-bond donors (Lipinski definition) is 1. The quantitative estimate of drug-likeness (QED) is 0.641. The topological polar surface area (TPSA) is 38.3 Å². The molecular weight excluding hydrogens is 375 g/mol. The van der Waals surface area contributed by atoms with Crippen molar-refractivity contribution in [1.29, 1.82) is 0 Å². The summed E-state index contributed by atoms with van der Waals surface area (Å²) >= 11 is 0. The Morgan fingerprint density at radius 3 is 2.30 bits per heavy atom. The smallest absolute Gasteiger partial charge is 0.409 e. The van der Waals surface area contributed by atoms with Gasteiger partial charge in [-0.1, -0.05) is 30.3 Å². The molecule has 3 aromatic rings. The van der Waals surface area contributed by atoms with Gasteiger partial charge in [0.05, 0.1) is 23.7 Å². The molecule has 142 valence electrons. The summed E-state index contributed by atoms with van der Waals surface area (Å²) in [7, 11) is -0.323. The van der Waals surface area contributed by atoms with Gasteiger partial charge < -0.3 is 10.1 Å². The summed E-state index contributed by atoms with van der Waals surface area (Å²) in [6.07, 6.45) is -4.54. The SMILES string of the molecule is COc1ccc(N[C@H](CS(=O)c2ccc3ccccc3c2)C(F)(F)F)cc1. The average Bonchev–Trinajstić information content (AvgIpc) is 2.66. The van der Waals surface area contributed by atoms with E-state index in [1.165, 1.54) is 19.2 Å². The highest BCUT2D eigenvalue weighted by molar-refractivity contribution is 7.85. The molecule has 0 amide bonds. The number of nitrogens with one attached hydrogen (secondary N) is 1. The largest absolute Gasteiger partial charge is 0.497 e. The summed E-state index contributed by atoms with van der Waals surface area (Å²) in [5.41, 5.74) is 0.286. The second-order valence-corrected chi connectivity index (χ2v) is 7.48. The molecule has 0 aliphatic carbocycles. The van der Waals surface area contributed by atoms with E-state index in [9.17, 15) is 17.4 Å². The summed E-state index contributed by atoms with van der Waals surface area (Å²) < 4.78 is 58.0. The number of fused-ring (bicyclic) bond motifs is 1. The maximum absolute atomic E-state index is 13.5. The van der Waals surface area contributed by atoms with Crippen molar-refractivity contribution in [2.45, 2.75) is 17.1 Å². The van der Waals surface area contributed by atoms with Crippen LogP contribution in [0.3, 0.4) is 0 Å². The van der Waals surface area contributed by atoms with E-state index in [0.29, 0.717) is 10.6 Å². The Morgan fingerprint density at radius 2 is 1.67 bits per heavy atom. The Kier molecular flexibility index (Phi) is 5.70. The Morgan fingerprint density at radius 1 is 1.00 bits per heavy atom. The first kappa shape index (κ1) is 19.2. The summed E-state index contributed by atoms with van der Waals surface area (Å²) in [6.45, 7) is 0. The molecule has 0 aliphatic rings. The van der Waals surface area contributed by atoms with Crippen LogP contribution in [-0.2, 0) is 10.8 Å². The summed E-state index contributed by atoms with van der Waals surface area (Å²) in [4.78, 5) is 0.375. The second-order valence-electron chi connectivity index (χ2n) is 5.99. The van der Waals surface area contributed by atoms with Crippen LogP contribution in [-0.4, -0.2) is 29.3 Å². The number of halogens is 3. The van der Waals surface area contributed by atoms with Crippen molar-refractivity contribution in [3.05, 3.63) is 66.7 Å². The van der Waals surface area contributed by atoms with Gasteiger partial charge >= 0.3 is 6.18 Å². The maximum Gasteiger partial charge on any atom is 0.409 e. The van der Waals surface area contributed by atoms with E-state index in [0.717, 1.165) is 10.8 Å². The molecule has 0 radical (unpaired) electrons. The minimum Gasteiger partial charge on any atom is -0.497 e. The van der Waals surface area contributed by atoms with Crippen LogP contribution in [0.5, 0.6) is 5.75 Å². The van der Waals surface area contributed by atoms with Gasteiger partial charge in [0.1, 0.15) is 11.8 Å². The monoisotopic (exact) mass is 393 g/mol. The molecule has 1 unspecified atom stereocenters. The normalized spacial score (nSPS) is 13.9. The molecule has 2 atom stereocenters. The van der Waals surface area contributed by atoms with Crippen molar-refractivity contribution in [3.8, 4) is 5.75 Å². The van der Waals surface area contributed by atoms with Crippen molar-refractivity contribution in [3.63, 3.8) is 0 Å². The number of hydrogen-bond acceptors (Lipinski definition) is 3. The number of rotatable bonds is 6. The minimum atomic E-state index is -4.54. The highest BCUT2D eigenvalue weighted by Gasteiger charge is 2.41. The van der Waals surface area contributed by atoms with Gasteiger partial charge in [0.15, 0.2) is 0 Å². The molecule has 0 saturated carbocycles. The predicted molar refractivity (Wildman–Crippen MR) is 102 cm³/mol. The number of methoxy groups -OCH3 is 1. The van der Waals surface area contributed by atoms with Gasteiger partial charge in [0.2, 0.25) is 0 Å². The molecule has 0 fully saturated rings. The van der Waals surface area contributed by atoms with Gasteiger partial charge in [-0.2, -0.15) is 13.2 Å². The van der Waals surface area contributed by atoms with Crippen molar-refractivity contribution in [1.82, 2.24) is 0 Å². The lowest BCUT2D eigenvalue weighted by Crippen LogP contribution is -2.40. The highest BCUT2D eigenvalue weighted by atomic mass is 32.2. The molecule has 0 saturated heterocycles. The summed E-state index contributed by atoms with van der Waals surface area (Å²) in [6, 6.07) is 16.7. The van der Waals surface area contributed by atoms with Crippen LogP contribution in [0.2, 0.25) is 0 Å². The molecule has 0 aliphatic heterocycles. The van der Waals surface area contributed by atoms with E-state index in [1.807, 2.05) is 24.3 Å². The first-order valence-electron chi connectivity index (χ1n) is 8.21. The Bertz CT molecular complexity index is 942. The first-order valence-corrected chi connectivity index (χ1v) is 9.53. The van der Waals surface area contributed by atoms with Gasteiger partial charge in [-0.3, -0.25) is 4.21 Å². The summed E-state index contributed by atoms with van der Waals surface area (Å²) in [5, 5.41) is 4.22. The van der Waals surface area contributed by atoms with Crippen molar-refractivity contribution >= 4 is 27.3 Å². The molecular formula is C20H18F3NO2S. The zero-order valence-electron chi connectivity index (χ0n) is 14.5. The van der Waals surface area contributed by atoms with Gasteiger partial charge in [0.25, 0.3) is 0 Å². The third-order valence-electron chi connectivity index (χ3n) is 4.13. The van der Waals surface area contributed by atoms with E-state index in [-0.39, 0.29) is 5.69 Å². The van der Waals surface area contributed by atoms with E-state index in [4.69, 9.17) is 4.74 Å².